The molecule has 1 aromatic heterocycles. The Hall–Kier alpha value is -1.16. The van der Waals surface area contributed by atoms with E-state index in [1.807, 2.05) is 0 Å². The van der Waals surface area contributed by atoms with Crippen LogP contribution in [0.4, 0.5) is 5.82 Å². The highest BCUT2D eigenvalue weighted by Gasteiger charge is 2.31. The number of nitrogens with one attached hydrogen (secondary N) is 1. The van der Waals surface area contributed by atoms with Gasteiger partial charge in [-0.3, -0.25) is 0 Å². The van der Waals surface area contributed by atoms with Crippen molar-refractivity contribution >= 4 is 5.82 Å². The number of rotatable bonds is 5. The third-order valence-electron chi connectivity index (χ3n) is 4.97. The first-order valence-electron chi connectivity index (χ1n) is 8.64. The van der Waals surface area contributed by atoms with Crippen molar-refractivity contribution in [2.45, 2.75) is 70.9 Å². The standard InChI is InChI=1S/C17H28N4/c1-3-10-18-13(2)16-9-4-5-11-21(16)17-14-7-6-8-15(14)19-12-20-17/h12-13,16,18H,3-11H2,1-2H3. The van der Waals surface area contributed by atoms with E-state index in [2.05, 4.69) is 34.0 Å². The van der Waals surface area contributed by atoms with Crippen molar-refractivity contribution in [3.63, 3.8) is 0 Å². The molecule has 3 rings (SSSR count). The molecule has 1 aliphatic heterocycles. The first-order chi connectivity index (χ1) is 10.3. The summed E-state index contributed by atoms with van der Waals surface area (Å²) in [6.45, 7) is 6.81. The molecular formula is C17H28N4. The van der Waals surface area contributed by atoms with Crippen molar-refractivity contribution in [2.75, 3.05) is 18.0 Å². The maximum absolute atomic E-state index is 4.67. The van der Waals surface area contributed by atoms with Gasteiger partial charge in [0.15, 0.2) is 0 Å². The molecule has 1 fully saturated rings. The second-order valence-corrected chi connectivity index (χ2v) is 6.48. The molecule has 0 spiro atoms. The van der Waals surface area contributed by atoms with Gasteiger partial charge < -0.3 is 10.2 Å². The Morgan fingerprint density at radius 1 is 1.29 bits per heavy atom. The Kier molecular flexibility index (Phi) is 4.73. The first-order valence-corrected chi connectivity index (χ1v) is 8.64. The largest absolute Gasteiger partial charge is 0.352 e. The Balaban J connectivity index is 1.83. The summed E-state index contributed by atoms with van der Waals surface area (Å²) in [5.41, 5.74) is 2.71. The fraction of sp³-hybridized carbons (Fsp3) is 0.765. The highest BCUT2D eigenvalue weighted by molar-refractivity contribution is 5.51. The zero-order valence-corrected chi connectivity index (χ0v) is 13.4. The molecule has 21 heavy (non-hydrogen) atoms. The molecule has 1 aromatic rings. The predicted molar refractivity (Wildman–Crippen MR) is 86.8 cm³/mol. The summed E-state index contributed by atoms with van der Waals surface area (Å²) in [5, 5.41) is 3.68. The maximum Gasteiger partial charge on any atom is 0.135 e. The minimum absolute atomic E-state index is 0.525. The topological polar surface area (TPSA) is 41.0 Å². The highest BCUT2D eigenvalue weighted by atomic mass is 15.2. The molecule has 1 aliphatic carbocycles. The third-order valence-corrected chi connectivity index (χ3v) is 4.97. The van der Waals surface area contributed by atoms with Crippen LogP contribution in [-0.4, -0.2) is 35.1 Å². The van der Waals surface area contributed by atoms with Gasteiger partial charge in [0.05, 0.1) is 0 Å². The van der Waals surface area contributed by atoms with E-state index in [9.17, 15) is 0 Å². The van der Waals surface area contributed by atoms with E-state index in [1.54, 1.807) is 6.33 Å². The van der Waals surface area contributed by atoms with Crippen molar-refractivity contribution in [3.05, 3.63) is 17.6 Å². The molecule has 2 aliphatic rings. The van der Waals surface area contributed by atoms with Gasteiger partial charge in [-0.2, -0.15) is 0 Å². The van der Waals surface area contributed by atoms with Crippen molar-refractivity contribution in [3.8, 4) is 0 Å². The molecule has 2 unspecified atom stereocenters. The van der Waals surface area contributed by atoms with E-state index < -0.39 is 0 Å². The predicted octanol–water partition coefficient (Wildman–Crippen LogP) is 2.71. The average Bonchev–Trinajstić information content (AvgIpc) is 3.01. The molecule has 4 nitrogen and oxygen atoms in total. The van der Waals surface area contributed by atoms with E-state index in [4.69, 9.17) is 0 Å². The molecule has 0 radical (unpaired) electrons. The summed E-state index contributed by atoms with van der Waals surface area (Å²) in [6, 6.07) is 1.10. The normalized spacial score (nSPS) is 23.1. The van der Waals surface area contributed by atoms with Crippen LogP contribution < -0.4 is 10.2 Å². The molecule has 4 heteroatoms. The van der Waals surface area contributed by atoms with Gasteiger partial charge in [0.2, 0.25) is 0 Å². The molecule has 0 amide bonds. The minimum atomic E-state index is 0.525. The zero-order chi connectivity index (χ0) is 14.7. The van der Waals surface area contributed by atoms with E-state index >= 15 is 0 Å². The fourth-order valence-corrected chi connectivity index (χ4v) is 3.84. The SMILES string of the molecule is CCCNC(C)C1CCCCN1c1ncnc2c1CCC2. The van der Waals surface area contributed by atoms with Crippen LogP contribution in [0.3, 0.4) is 0 Å². The minimum Gasteiger partial charge on any atom is -0.352 e. The highest BCUT2D eigenvalue weighted by Crippen LogP contribution is 2.32. The molecule has 0 aromatic carbocycles. The smallest absolute Gasteiger partial charge is 0.135 e. The van der Waals surface area contributed by atoms with Gasteiger partial charge >= 0.3 is 0 Å². The van der Waals surface area contributed by atoms with E-state index in [-0.39, 0.29) is 0 Å². The summed E-state index contributed by atoms with van der Waals surface area (Å²) in [7, 11) is 0. The molecule has 0 saturated carbocycles. The van der Waals surface area contributed by atoms with Crippen molar-refractivity contribution in [1.29, 1.82) is 0 Å². The van der Waals surface area contributed by atoms with Crippen molar-refractivity contribution in [2.24, 2.45) is 0 Å². The molecule has 2 heterocycles. The van der Waals surface area contributed by atoms with E-state index in [0.29, 0.717) is 12.1 Å². The summed E-state index contributed by atoms with van der Waals surface area (Å²) in [5.74, 6) is 1.23. The van der Waals surface area contributed by atoms with Crippen LogP contribution in [-0.2, 0) is 12.8 Å². The average molecular weight is 288 g/mol. The second kappa shape index (κ2) is 6.73. The monoisotopic (exact) mass is 288 g/mol. The van der Waals surface area contributed by atoms with Crippen LogP contribution in [0.25, 0.3) is 0 Å². The van der Waals surface area contributed by atoms with Gasteiger partial charge in [0.25, 0.3) is 0 Å². The van der Waals surface area contributed by atoms with Gasteiger partial charge in [-0.1, -0.05) is 6.92 Å². The van der Waals surface area contributed by atoms with Crippen LogP contribution in [0, 0.1) is 0 Å². The number of aryl methyl sites for hydroxylation is 1. The summed E-state index contributed by atoms with van der Waals surface area (Å²) in [4.78, 5) is 11.7. The second-order valence-electron chi connectivity index (χ2n) is 6.48. The lowest BCUT2D eigenvalue weighted by Gasteiger charge is -2.41. The lowest BCUT2D eigenvalue weighted by Crippen LogP contribution is -2.52. The number of piperidine rings is 1. The molecule has 1 saturated heterocycles. The number of fused-ring (bicyclic) bond motifs is 1. The van der Waals surface area contributed by atoms with Gasteiger partial charge in [0, 0.05) is 29.9 Å². The van der Waals surface area contributed by atoms with Crippen molar-refractivity contribution in [1.82, 2.24) is 15.3 Å². The number of nitrogens with zero attached hydrogens (tertiary/aromatic N) is 3. The molecule has 0 bridgehead atoms. The van der Waals surface area contributed by atoms with Gasteiger partial charge in [-0.25, -0.2) is 9.97 Å². The number of hydrogen-bond acceptors (Lipinski definition) is 4. The third kappa shape index (κ3) is 3.05. The van der Waals surface area contributed by atoms with Gasteiger partial charge in [-0.15, -0.1) is 0 Å². The van der Waals surface area contributed by atoms with Gasteiger partial charge in [-0.05, 0) is 58.4 Å². The Labute approximate surface area is 128 Å². The van der Waals surface area contributed by atoms with E-state index in [0.717, 1.165) is 25.9 Å². The maximum atomic E-state index is 4.67. The molecule has 2 atom stereocenters. The quantitative estimate of drug-likeness (QED) is 0.904. The van der Waals surface area contributed by atoms with Crippen LogP contribution in [0.2, 0.25) is 0 Å². The number of hydrogen-bond donors (Lipinski definition) is 1. The zero-order valence-electron chi connectivity index (χ0n) is 13.4. The first kappa shape index (κ1) is 14.8. The van der Waals surface area contributed by atoms with Crippen LogP contribution in [0.15, 0.2) is 6.33 Å². The Morgan fingerprint density at radius 3 is 3.05 bits per heavy atom. The molecule has 1 N–H and O–H groups in total. The summed E-state index contributed by atoms with van der Waals surface area (Å²) >= 11 is 0. The van der Waals surface area contributed by atoms with Crippen LogP contribution in [0.1, 0.15) is 57.2 Å². The Morgan fingerprint density at radius 2 is 2.19 bits per heavy atom. The molecular weight excluding hydrogens is 260 g/mol. The fourth-order valence-electron chi connectivity index (χ4n) is 3.84. The van der Waals surface area contributed by atoms with Gasteiger partial charge in [0.1, 0.15) is 12.1 Å². The number of aromatic nitrogens is 2. The van der Waals surface area contributed by atoms with Crippen LogP contribution in [0.5, 0.6) is 0 Å². The lowest BCUT2D eigenvalue weighted by molar-refractivity contribution is 0.365. The van der Waals surface area contributed by atoms with Crippen molar-refractivity contribution < 1.29 is 0 Å². The number of anilines is 1. The van der Waals surface area contributed by atoms with Crippen LogP contribution >= 0.6 is 0 Å². The lowest BCUT2D eigenvalue weighted by atomic mass is 9.95. The van der Waals surface area contributed by atoms with E-state index in [1.165, 1.54) is 49.2 Å². The molecule has 116 valence electrons. The summed E-state index contributed by atoms with van der Waals surface area (Å²) in [6.07, 6.45) is 10.4. The summed E-state index contributed by atoms with van der Waals surface area (Å²) < 4.78 is 0. The Bertz CT molecular complexity index is 474.